The second-order valence-electron chi connectivity index (χ2n) is 4.52. The van der Waals surface area contributed by atoms with E-state index in [9.17, 15) is 4.79 Å². The summed E-state index contributed by atoms with van der Waals surface area (Å²) in [7, 11) is 1.64. The summed E-state index contributed by atoms with van der Waals surface area (Å²) in [5, 5.41) is 6.03. The molecule has 0 aliphatic carbocycles. The summed E-state index contributed by atoms with van der Waals surface area (Å²) in [5.41, 5.74) is 1.70. The van der Waals surface area contributed by atoms with E-state index in [1.165, 1.54) is 0 Å². The zero-order valence-corrected chi connectivity index (χ0v) is 10.4. The van der Waals surface area contributed by atoms with Crippen molar-refractivity contribution in [1.29, 1.82) is 0 Å². The zero-order chi connectivity index (χ0) is 12.2. The minimum absolute atomic E-state index is 0.0430. The Kier molecular flexibility index (Phi) is 3.93. The van der Waals surface area contributed by atoms with Gasteiger partial charge in [-0.15, -0.1) is 0 Å². The van der Waals surface area contributed by atoms with Gasteiger partial charge in [0.1, 0.15) is 0 Å². The van der Waals surface area contributed by atoms with Crippen LogP contribution in [0, 0.1) is 0 Å². The highest BCUT2D eigenvalue weighted by molar-refractivity contribution is 5.94. The van der Waals surface area contributed by atoms with E-state index in [-0.39, 0.29) is 11.4 Å². The largest absolute Gasteiger partial charge is 0.380 e. The van der Waals surface area contributed by atoms with Gasteiger partial charge >= 0.3 is 0 Å². The molecule has 0 spiro atoms. The molecule has 1 aromatic rings. The summed E-state index contributed by atoms with van der Waals surface area (Å²) in [4.78, 5) is 11.5. The van der Waals surface area contributed by atoms with Crippen LogP contribution >= 0.6 is 0 Å². The maximum Gasteiger partial charge on any atom is 0.251 e. The molecule has 0 saturated carbocycles. The molecule has 0 fully saturated rings. The molecule has 0 saturated heterocycles. The molecule has 3 heteroatoms. The first-order chi connectivity index (χ1) is 7.48. The van der Waals surface area contributed by atoms with Crippen molar-refractivity contribution >= 4 is 11.6 Å². The Bertz CT molecular complexity index is 372. The first-order valence-electron chi connectivity index (χ1n) is 5.59. The van der Waals surface area contributed by atoms with Crippen LogP contribution in [0.15, 0.2) is 24.3 Å². The number of amides is 1. The van der Waals surface area contributed by atoms with Crippen molar-refractivity contribution in [3.8, 4) is 0 Å². The molecule has 0 aliphatic rings. The third-order valence-corrected chi connectivity index (χ3v) is 2.72. The molecule has 0 aliphatic heterocycles. The summed E-state index contributed by atoms with van der Waals surface area (Å²) in [5.74, 6) is -0.0574. The third-order valence-electron chi connectivity index (χ3n) is 2.72. The van der Waals surface area contributed by atoms with Crippen molar-refractivity contribution in [1.82, 2.24) is 5.32 Å². The van der Waals surface area contributed by atoms with Gasteiger partial charge in [-0.1, -0.05) is 13.0 Å². The summed E-state index contributed by atoms with van der Waals surface area (Å²) in [6.07, 6.45) is 1.03. The molecule has 2 N–H and O–H groups in total. The van der Waals surface area contributed by atoms with Gasteiger partial charge in [0, 0.05) is 23.8 Å². The van der Waals surface area contributed by atoms with Crippen LogP contribution in [0.4, 0.5) is 5.69 Å². The van der Waals surface area contributed by atoms with E-state index >= 15 is 0 Å². The van der Waals surface area contributed by atoms with Crippen LogP contribution in [0.5, 0.6) is 0 Å². The van der Waals surface area contributed by atoms with Crippen LogP contribution in [-0.4, -0.2) is 18.5 Å². The number of nitrogens with one attached hydrogen (secondary N) is 2. The van der Waals surface area contributed by atoms with Crippen molar-refractivity contribution < 1.29 is 4.79 Å². The molecular formula is C13H20N2O. The number of carbonyl (C=O) groups excluding carboxylic acids is 1. The number of hydrogen-bond donors (Lipinski definition) is 2. The highest BCUT2D eigenvalue weighted by Gasteiger charge is 2.14. The maximum absolute atomic E-state index is 11.5. The number of benzene rings is 1. The molecule has 0 heterocycles. The number of hydrogen-bond acceptors (Lipinski definition) is 2. The molecular weight excluding hydrogens is 200 g/mol. The van der Waals surface area contributed by atoms with Gasteiger partial charge in [0.25, 0.3) is 5.91 Å². The van der Waals surface area contributed by atoms with Gasteiger partial charge in [-0.2, -0.15) is 0 Å². The highest BCUT2D eigenvalue weighted by Crippen LogP contribution is 2.18. The summed E-state index contributed by atoms with van der Waals surface area (Å²) < 4.78 is 0. The predicted octanol–water partition coefficient (Wildman–Crippen LogP) is 2.65. The van der Waals surface area contributed by atoms with Crippen LogP contribution in [0.2, 0.25) is 0 Å². The quantitative estimate of drug-likeness (QED) is 0.819. The van der Waals surface area contributed by atoms with E-state index in [0.29, 0.717) is 5.56 Å². The van der Waals surface area contributed by atoms with Gasteiger partial charge in [0.05, 0.1) is 0 Å². The standard InChI is InChI=1S/C13H20N2O/c1-5-13(2,3)15-11-8-6-7-10(9-11)12(16)14-4/h6-9,15H,5H2,1-4H3,(H,14,16). The van der Waals surface area contributed by atoms with Gasteiger partial charge in [-0.05, 0) is 38.5 Å². The minimum Gasteiger partial charge on any atom is -0.380 e. The summed E-state index contributed by atoms with van der Waals surface area (Å²) in [6, 6.07) is 7.54. The van der Waals surface area contributed by atoms with Gasteiger partial charge < -0.3 is 10.6 Å². The maximum atomic E-state index is 11.5. The molecule has 0 unspecified atom stereocenters. The minimum atomic E-state index is -0.0574. The Labute approximate surface area is 97.2 Å². The van der Waals surface area contributed by atoms with E-state index in [2.05, 4.69) is 31.4 Å². The summed E-state index contributed by atoms with van der Waals surface area (Å²) in [6.45, 7) is 6.41. The number of carbonyl (C=O) groups is 1. The Balaban J connectivity index is 2.87. The average Bonchev–Trinajstić information content (AvgIpc) is 2.28. The fourth-order valence-corrected chi connectivity index (χ4v) is 1.36. The van der Waals surface area contributed by atoms with Crippen molar-refractivity contribution in [2.24, 2.45) is 0 Å². The smallest absolute Gasteiger partial charge is 0.251 e. The fourth-order valence-electron chi connectivity index (χ4n) is 1.36. The van der Waals surface area contributed by atoms with Crippen LogP contribution in [-0.2, 0) is 0 Å². The van der Waals surface area contributed by atoms with E-state index in [0.717, 1.165) is 12.1 Å². The second-order valence-corrected chi connectivity index (χ2v) is 4.52. The highest BCUT2D eigenvalue weighted by atomic mass is 16.1. The SMILES string of the molecule is CCC(C)(C)Nc1cccc(C(=O)NC)c1. The molecule has 0 bridgehead atoms. The van der Waals surface area contributed by atoms with Crippen LogP contribution in [0.1, 0.15) is 37.6 Å². The lowest BCUT2D eigenvalue weighted by atomic mass is 10.0. The predicted molar refractivity (Wildman–Crippen MR) is 67.8 cm³/mol. The van der Waals surface area contributed by atoms with Crippen LogP contribution < -0.4 is 10.6 Å². The van der Waals surface area contributed by atoms with E-state index in [4.69, 9.17) is 0 Å². The summed E-state index contributed by atoms with van der Waals surface area (Å²) >= 11 is 0. The first-order valence-corrected chi connectivity index (χ1v) is 5.59. The lowest BCUT2D eigenvalue weighted by molar-refractivity contribution is 0.0963. The van der Waals surface area contributed by atoms with E-state index in [1.807, 2.05) is 24.3 Å². The van der Waals surface area contributed by atoms with Crippen molar-refractivity contribution in [2.45, 2.75) is 32.7 Å². The second kappa shape index (κ2) is 5.01. The molecule has 1 aromatic carbocycles. The molecule has 0 aromatic heterocycles. The monoisotopic (exact) mass is 220 g/mol. The molecule has 16 heavy (non-hydrogen) atoms. The normalized spacial score (nSPS) is 11.0. The van der Waals surface area contributed by atoms with Crippen LogP contribution in [0.25, 0.3) is 0 Å². The lowest BCUT2D eigenvalue weighted by Gasteiger charge is -2.26. The molecule has 88 valence electrons. The Morgan fingerprint density at radius 2 is 2.06 bits per heavy atom. The molecule has 1 amide bonds. The molecule has 0 atom stereocenters. The van der Waals surface area contributed by atoms with Gasteiger partial charge in [0.15, 0.2) is 0 Å². The number of rotatable bonds is 4. The fraction of sp³-hybridized carbons (Fsp3) is 0.462. The Hall–Kier alpha value is -1.51. The molecule has 3 nitrogen and oxygen atoms in total. The third kappa shape index (κ3) is 3.26. The average molecular weight is 220 g/mol. The van der Waals surface area contributed by atoms with E-state index < -0.39 is 0 Å². The van der Waals surface area contributed by atoms with E-state index in [1.54, 1.807) is 7.05 Å². The molecule has 1 rings (SSSR count). The van der Waals surface area contributed by atoms with Crippen molar-refractivity contribution in [3.63, 3.8) is 0 Å². The van der Waals surface area contributed by atoms with Gasteiger partial charge in [-0.25, -0.2) is 0 Å². The first kappa shape index (κ1) is 12.6. The zero-order valence-electron chi connectivity index (χ0n) is 10.4. The topological polar surface area (TPSA) is 41.1 Å². The Morgan fingerprint density at radius 3 is 2.62 bits per heavy atom. The number of anilines is 1. The van der Waals surface area contributed by atoms with Crippen molar-refractivity contribution in [2.75, 3.05) is 12.4 Å². The molecule has 0 radical (unpaired) electrons. The Morgan fingerprint density at radius 1 is 1.38 bits per heavy atom. The van der Waals surface area contributed by atoms with Crippen LogP contribution in [0.3, 0.4) is 0 Å². The van der Waals surface area contributed by atoms with Crippen molar-refractivity contribution in [3.05, 3.63) is 29.8 Å². The lowest BCUT2D eigenvalue weighted by Crippen LogP contribution is -2.29. The van der Waals surface area contributed by atoms with Gasteiger partial charge in [-0.3, -0.25) is 4.79 Å². The van der Waals surface area contributed by atoms with Gasteiger partial charge in [0.2, 0.25) is 0 Å².